The predicted octanol–water partition coefficient (Wildman–Crippen LogP) is 4.68. The molecule has 0 atom stereocenters. The average Bonchev–Trinajstić information content (AvgIpc) is 2.38. The van der Waals surface area contributed by atoms with E-state index >= 15 is 0 Å². The first kappa shape index (κ1) is 17.2. The van der Waals surface area contributed by atoms with E-state index in [1.165, 1.54) is 24.3 Å². The molecule has 1 rings (SSSR count). The number of hydrogen-bond acceptors (Lipinski definition) is 3. The lowest BCUT2D eigenvalue weighted by atomic mass is 9.89. The summed E-state index contributed by atoms with van der Waals surface area (Å²) in [6.45, 7) is 4.22. The minimum absolute atomic E-state index is 0.273. The van der Waals surface area contributed by atoms with Crippen molar-refractivity contribution in [1.82, 2.24) is 0 Å². The highest BCUT2D eigenvalue weighted by Gasteiger charge is 2.30. The van der Waals surface area contributed by atoms with E-state index in [9.17, 15) is 13.2 Å². The van der Waals surface area contributed by atoms with E-state index in [-0.39, 0.29) is 11.2 Å². The molecule has 0 heterocycles. The van der Waals surface area contributed by atoms with Crippen LogP contribution in [0.4, 0.5) is 13.2 Å². The maximum atomic E-state index is 12.0. The molecule has 1 aromatic carbocycles. The molecule has 0 aliphatic rings. The Morgan fingerprint density at radius 3 is 2.14 bits per heavy atom. The van der Waals surface area contributed by atoms with Crippen molar-refractivity contribution in [3.8, 4) is 17.6 Å². The second-order valence-corrected chi connectivity index (χ2v) is 5.32. The van der Waals surface area contributed by atoms with Crippen LogP contribution in [0.25, 0.3) is 0 Å². The molecule has 1 aromatic rings. The van der Waals surface area contributed by atoms with Crippen molar-refractivity contribution in [2.24, 2.45) is 5.41 Å². The maximum Gasteiger partial charge on any atom is 0.573 e. The topological polar surface area (TPSA) is 42.2 Å². The number of hydrogen-bond donors (Lipinski definition) is 0. The molecule has 0 radical (unpaired) electrons. The fourth-order valence-corrected chi connectivity index (χ4v) is 1.65. The largest absolute Gasteiger partial charge is 0.573 e. The van der Waals surface area contributed by atoms with Gasteiger partial charge in [0, 0.05) is 0 Å². The zero-order chi connectivity index (χ0) is 15.9. The first-order valence-electron chi connectivity index (χ1n) is 6.62. The lowest BCUT2D eigenvalue weighted by Gasteiger charge is -2.14. The zero-order valence-electron chi connectivity index (χ0n) is 12.0. The Kier molecular flexibility index (Phi) is 5.89. The molecule has 116 valence electrons. The smallest absolute Gasteiger partial charge is 0.494 e. The number of nitriles is 1. The quantitative estimate of drug-likeness (QED) is 0.686. The van der Waals surface area contributed by atoms with Gasteiger partial charge in [0.1, 0.15) is 11.5 Å². The third-order valence-electron chi connectivity index (χ3n) is 2.82. The lowest BCUT2D eigenvalue weighted by molar-refractivity contribution is -0.274. The standard InChI is InChI=1S/C15H18F3NO2/c1-14(2,11-19)9-3-4-10-20-12-5-7-13(8-6-12)21-15(16,17)18/h5-8H,3-4,9-10H2,1-2H3. The molecule has 0 saturated carbocycles. The normalized spacial score (nSPS) is 11.8. The van der Waals surface area contributed by atoms with Gasteiger partial charge in [-0.05, 0) is 57.4 Å². The summed E-state index contributed by atoms with van der Waals surface area (Å²) in [7, 11) is 0. The van der Waals surface area contributed by atoms with Crippen LogP contribution in [-0.4, -0.2) is 13.0 Å². The molecule has 6 heteroatoms. The highest BCUT2D eigenvalue weighted by molar-refractivity contribution is 5.31. The molecule has 0 aliphatic heterocycles. The van der Waals surface area contributed by atoms with Gasteiger partial charge in [0.2, 0.25) is 0 Å². The SMILES string of the molecule is CC(C)(C#N)CCCCOc1ccc(OC(F)(F)F)cc1. The summed E-state index contributed by atoms with van der Waals surface area (Å²) in [5.41, 5.74) is -0.337. The molecule has 0 aromatic heterocycles. The van der Waals surface area contributed by atoms with Crippen molar-refractivity contribution in [3.63, 3.8) is 0 Å². The molecular weight excluding hydrogens is 283 g/mol. The molecular formula is C15H18F3NO2. The van der Waals surface area contributed by atoms with Gasteiger partial charge in [-0.3, -0.25) is 0 Å². The Balaban J connectivity index is 2.29. The van der Waals surface area contributed by atoms with Crippen molar-refractivity contribution in [1.29, 1.82) is 5.26 Å². The summed E-state index contributed by atoms with van der Waals surface area (Å²) >= 11 is 0. The van der Waals surface area contributed by atoms with Crippen molar-refractivity contribution in [2.75, 3.05) is 6.61 Å². The van der Waals surface area contributed by atoms with Gasteiger partial charge in [-0.1, -0.05) is 0 Å². The Labute approximate surface area is 122 Å². The summed E-state index contributed by atoms with van der Waals surface area (Å²) in [4.78, 5) is 0. The van der Waals surface area contributed by atoms with Crippen LogP contribution in [0.2, 0.25) is 0 Å². The maximum absolute atomic E-state index is 12.0. The average molecular weight is 301 g/mol. The molecule has 0 bridgehead atoms. The molecule has 0 saturated heterocycles. The van der Waals surface area contributed by atoms with Crippen molar-refractivity contribution >= 4 is 0 Å². The van der Waals surface area contributed by atoms with Crippen LogP contribution in [0.3, 0.4) is 0 Å². The number of nitrogens with zero attached hydrogens (tertiary/aromatic N) is 1. The van der Waals surface area contributed by atoms with Gasteiger partial charge in [-0.15, -0.1) is 13.2 Å². The summed E-state index contributed by atoms with van der Waals surface area (Å²) in [6, 6.07) is 7.51. The minimum Gasteiger partial charge on any atom is -0.494 e. The first-order chi connectivity index (χ1) is 9.72. The van der Waals surface area contributed by atoms with Gasteiger partial charge in [0.05, 0.1) is 18.1 Å². The van der Waals surface area contributed by atoms with Gasteiger partial charge in [-0.25, -0.2) is 0 Å². The molecule has 0 unspecified atom stereocenters. The van der Waals surface area contributed by atoms with E-state index in [1.54, 1.807) is 0 Å². The van der Waals surface area contributed by atoms with Crippen LogP contribution >= 0.6 is 0 Å². The Bertz CT molecular complexity index is 475. The summed E-state index contributed by atoms with van der Waals surface area (Å²) in [5, 5.41) is 8.86. The van der Waals surface area contributed by atoms with E-state index in [0.29, 0.717) is 12.4 Å². The molecule has 0 fully saturated rings. The molecule has 0 amide bonds. The summed E-state index contributed by atoms with van der Waals surface area (Å²) < 4.78 is 45.1. The lowest BCUT2D eigenvalue weighted by Crippen LogP contribution is -2.16. The van der Waals surface area contributed by atoms with E-state index in [0.717, 1.165) is 19.3 Å². The van der Waals surface area contributed by atoms with Gasteiger partial charge in [0.15, 0.2) is 0 Å². The molecule has 3 nitrogen and oxygen atoms in total. The molecule has 0 spiro atoms. The highest BCUT2D eigenvalue weighted by atomic mass is 19.4. The number of halogens is 3. The Hall–Kier alpha value is -1.90. The number of unbranched alkanes of at least 4 members (excludes halogenated alkanes) is 1. The highest BCUT2D eigenvalue weighted by Crippen LogP contribution is 2.25. The van der Waals surface area contributed by atoms with Crippen molar-refractivity contribution < 1.29 is 22.6 Å². The van der Waals surface area contributed by atoms with Crippen molar-refractivity contribution in [2.45, 2.75) is 39.5 Å². The van der Waals surface area contributed by atoms with Gasteiger partial charge < -0.3 is 9.47 Å². The van der Waals surface area contributed by atoms with Crippen LogP contribution in [0.5, 0.6) is 11.5 Å². The number of benzene rings is 1. The van der Waals surface area contributed by atoms with Crippen molar-refractivity contribution in [3.05, 3.63) is 24.3 Å². The van der Waals surface area contributed by atoms with E-state index < -0.39 is 6.36 Å². The summed E-state index contributed by atoms with van der Waals surface area (Å²) in [5.74, 6) is 0.217. The third kappa shape index (κ3) is 7.45. The van der Waals surface area contributed by atoms with Gasteiger partial charge in [-0.2, -0.15) is 5.26 Å². The van der Waals surface area contributed by atoms with Crippen LogP contribution in [0, 0.1) is 16.7 Å². The van der Waals surface area contributed by atoms with E-state index in [4.69, 9.17) is 10.00 Å². The second-order valence-electron chi connectivity index (χ2n) is 5.32. The van der Waals surface area contributed by atoms with Crippen LogP contribution in [-0.2, 0) is 0 Å². The van der Waals surface area contributed by atoms with E-state index in [1.807, 2.05) is 13.8 Å². The van der Waals surface area contributed by atoms with E-state index in [2.05, 4.69) is 10.8 Å². The van der Waals surface area contributed by atoms with Crippen LogP contribution in [0.1, 0.15) is 33.1 Å². The molecule has 0 N–H and O–H groups in total. The zero-order valence-corrected chi connectivity index (χ0v) is 12.0. The Morgan fingerprint density at radius 1 is 1.05 bits per heavy atom. The fourth-order valence-electron chi connectivity index (χ4n) is 1.65. The number of ether oxygens (including phenoxy) is 2. The van der Waals surface area contributed by atoms with Gasteiger partial charge in [0.25, 0.3) is 0 Å². The second kappa shape index (κ2) is 7.21. The fraction of sp³-hybridized carbons (Fsp3) is 0.533. The molecule has 21 heavy (non-hydrogen) atoms. The first-order valence-corrected chi connectivity index (χ1v) is 6.62. The molecule has 0 aliphatic carbocycles. The number of rotatable bonds is 7. The summed E-state index contributed by atoms with van der Waals surface area (Å²) in [6.07, 6.45) is -2.26. The minimum atomic E-state index is -4.68. The number of alkyl halides is 3. The third-order valence-corrected chi connectivity index (χ3v) is 2.82. The predicted molar refractivity (Wildman–Crippen MR) is 71.9 cm³/mol. The van der Waals surface area contributed by atoms with Crippen LogP contribution < -0.4 is 9.47 Å². The van der Waals surface area contributed by atoms with Crippen LogP contribution in [0.15, 0.2) is 24.3 Å². The Morgan fingerprint density at radius 2 is 1.62 bits per heavy atom. The van der Waals surface area contributed by atoms with Gasteiger partial charge >= 0.3 is 6.36 Å². The monoisotopic (exact) mass is 301 g/mol.